The Morgan fingerprint density at radius 2 is 1.86 bits per heavy atom. The summed E-state index contributed by atoms with van der Waals surface area (Å²) < 4.78 is 5.40. The van der Waals surface area contributed by atoms with Crippen molar-refractivity contribution in [2.45, 2.75) is 83.3 Å². The van der Waals surface area contributed by atoms with Crippen LogP contribution in [0.4, 0.5) is 0 Å². The van der Waals surface area contributed by atoms with Gasteiger partial charge in [-0.25, -0.2) is 0 Å². The molecule has 0 spiro atoms. The van der Waals surface area contributed by atoms with Crippen LogP contribution in [-0.4, -0.2) is 43.2 Å². The molecular weight excluding hydrogens is 264 g/mol. The number of nitrogens with zero attached hydrogens (tertiary/aromatic N) is 1. The fourth-order valence-corrected chi connectivity index (χ4v) is 3.16. The first kappa shape index (κ1) is 18.4. The van der Waals surface area contributed by atoms with Crippen LogP contribution in [0.5, 0.6) is 0 Å². The average Bonchev–Trinajstić information content (AvgIpc) is 2.53. The number of nitrogens with two attached hydrogens (primary N) is 1. The van der Waals surface area contributed by atoms with E-state index in [4.69, 9.17) is 10.5 Å². The second-order valence-electron chi connectivity index (χ2n) is 6.23. The average molecular weight is 298 g/mol. The molecule has 1 aliphatic heterocycles. The van der Waals surface area contributed by atoms with Crippen LogP contribution in [0, 0.1) is 0 Å². The summed E-state index contributed by atoms with van der Waals surface area (Å²) in [4.78, 5) is 14.3. The Morgan fingerprint density at radius 1 is 1.19 bits per heavy atom. The lowest BCUT2D eigenvalue weighted by atomic mass is 9.98. The van der Waals surface area contributed by atoms with Crippen molar-refractivity contribution < 1.29 is 9.53 Å². The van der Waals surface area contributed by atoms with Gasteiger partial charge in [-0.2, -0.15) is 0 Å². The Morgan fingerprint density at radius 3 is 2.48 bits per heavy atom. The van der Waals surface area contributed by atoms with E-state index in [0.717, 1.165) is 25.8 Å². The summed E-state index contributed by atoms with van der Waals surface area (Å²) in [6.45, 7) is 3.58. The molecule has 2 atom stereocenters. The van der Waals surface area contributed by atoms with Gasteiger partial charge >= 0.3 is 0 Å². The Kier molecular flexibility index (Phi) is 9.68. The van der Waals surface area contributed by atoms with E-state index in [2.05, 4.69) is 6.92 Å². The van der Waals surface area contributed by atoms with Gasteiger partial charge in [-0.1, -0.05) is 45.4 Å². The Hall–Kier alpha value is -0.610. The molecule has 21 heavy (non-hydrogen) atoms. The van der Waals surface area contributed by atoms with Crippen LogP contribution in [0.2, 0.25) is 0 Å². The van der Waals surface area contributed by atoms with Crippen molar-refractivity contribution in [3.63, 3.8) is 0 Å². The van der Waals surface area contributed by atoms with Crippen LogP contribution in [0.15, 0.2) is 0 Å². The maximum Gasteiger partial charge on any atom is 0.222 e. The van der Waals surface area contributed by atoms with Crippen LogP contribution in [0.25, 0.3) is 0 Å². The maximum atomic E-state index is 12.3. The highest BCUT2D eigenvalue weighted by Crippen LogP contribution is 2.20. The summed E-state index contributed by atoms with van der Waals surface area (Å²) in [6, 6.07) is 0.167. The lowest BCUT2D eigenvalue weighted by Gasteiger charge is -2.38. The third-order valence-electron chi connectivity index (χ3n) is 4.59. The topological polar surface area (TPSA) is 55.6 Å². The van der Waals surface area contributed by atoms with Crippen molar-refractivity contribution in [1.29, 1.82) is 0 Å². The normalized spacial score (nSPS) is 22.5. The minimum atomic E-state index is 0.167. The molecule has 1 amide bonds. The zero-order chi connectivity index (χ0) is 15.5. The van der Waals surface area contributed by atoms with Gasteiger partial charge in [0.25, 0.3) is 0 Å². The molecule has 0 aromatic carbocycles. The molecule has 0 aromatic heterocycles. The van der Waals surface area contributed by atoms with Gasteiger partial charge in [0, 0.05) is 32.7 Å². The number of piperidine rings is 1. The molecule has 124 valence electrons. The van der Waals surface area contributed by atoms with Gasteiger partial charge in [0.2, 0.25) is 5.91 Å². The first-order valence-corrected chi connectivity index (χ1v) is 8.75. The van der Waals surface area contributed by atoms with Gasteiger partial charge in [-0.3, -0.25) is 4.79 Å². The lowest BCUT2D eigenvalue weighted by Crippen LogP contribution is -2.51. The van der Waals surface area contributed by atoms with Gasteiger partial charge in [0.05, 0.1) is 6.10 Å². The second kappa shape index (κ2) is 11.0. The standard InChI is InChI=1S/C17H34N2O2/c1-3-4-5-6-7-8-9-10-17(20)19-12-11-16(21-2)13-15(19)14-18/h15-16H,3-14,18H2,1-2H3. The molecule has 1 saturated heterocycles. The predicted molar refractivity (Wildman–Crippen MR) is 87.2 cm³/mol. The van der Waals surface area contributed by atoms with Crippen LogP contribution >= 0.6 is 0 Å². The minimum absolute atomic E-state index is 0.167. The zero-order valence-corrected chi connectivity index (χ0v) is 14.0. The van der Waals surface area contributed by atoms with Crippen molar-refractivity contribution in [2.24, 2.45) is 5.73 Å². The maximum absolute atomic E-state index is 12.3. The highest BCUT2D eigenvalue weighted by atomic mass is 16.5. The van der Waals surface area contributed by atoms with Crippen LogP contribution in [0.1, 0.15) is 71.1 Å². The molecule has 4 nitrogen and oxygen atoms in total. The van der Waals surface area contributed by atoms with Gasteiger partial charge < -0.3 is 15.4 Å². The molecule has 1 aliphatic rings. The fourth-order valence-electron chi connectivity index (χ4n) is 3.16. The van der Waals surface area contributed by atoms with E-state index in [9.17, 15) is 4.79 Å². The van der Waals surface area contributed by atoms with E-state index in [0.29, 0.717) is 13.0 Å². The van der Waals surface area contributed by atoms with Crippen molar-refractivity contribution in [1.82, 2.24) is 4.90 Å². The number of hydrogen-bond donors (Lipinski definition) is 1. The number of amides is 1. The van der Waals surface area contributed by atoms with Crippen molar-refractivity contribution in [2.75, 3.05) is 20.2 Å². The van der Waals surface area contributed by atoms with Crippen molar-refractivity contribution in [3.05, 3.63) is 0 Å². The quantitative estimate of drug-likeness (QED) is 0.631. The molecule has 0 aromatic rings. The summed E-state index contributed by atoms with van der Waals surface area (Å²) in [5, 5.41) is 0. The minimum Gasteiger partial charge on any atom is -0.381 e. The highest BCUT2D eigenvalue weighted by molar-refractivity contribution is 5.76. The summed E-state index contributed by atoms with van der Waals surface area (Å²) in [7, 11) is 1.74. The molecule has 0 bridgehead atoms. The third kappa shape index (κ3) is 6.79. The highest BCUT2D eigenvalue weighted by Gasteiger charge is 2.30. The predicted octanol–water partition coefficient (Wildman–Crippen LogP) is 3.09. The van der Waals surface area contributed by atoms with Gasteiger partial charge in [-0.05, 0) is 19.3 Å². The molecule has 1 rings (SSSR count). The molecule has 0 saturated carbocycles. The van der Waals surface area contributed by atoms with Gasteiger partial charge in [-0.15, -0.1) is 0 Å². The summed E-state index contributed by atoms with van der Waals surface area (Å²) in [5.74, 6) is 0.286. The molecule has 1 fully saturated rings. The van der Waals surface area contributed by atoms with Crippen LogP contribution < -0.4 is 5.73 Å². The molecule has 0 aliphatic carbocycles. The molecular formula is C17H34N2O2. The second-order valence-corrected chi connectivity index (χ2v) is 6.23. The Balaban J connectivity index is 2.18. The number of methoxy groups -OCH3 is 1. The van der Waals surface area contributed by atoms with Gasteiger partial charge in [0.1, 0.15) is 0 Å². The smallest absolute Gasteiger partial charge is 0.222 e. The first-order valence-electron chi connectivity index (χ1n) is 8.75. The zero-order valence-electron chi connectivity index (χ0n) is 14.0. The number of carbonyl (C=O) groups is 1. The van der Waals surface area contributed by atoms with Gasteiger partial charge in [0.15, 0.2) is 0 Å². The number of carbonyl (C=O) groups excluding carboxylic acids is 1. The van der Waals surface area contributed by atoms with E-state index < -0.39 is 0 Å². The number of unbranched alkanes of at least 4 members (excludes halogenated alkanes) is 6. The Labute approximate surface area is 130 Å². The van der Waals surface area contributed by atoms with E-state index >= 15 is 0 Å². The summed E-state index contributed by atoms with van der Waals surface area (Å²) >= 11 is 0. The lowest BCUT2D eigenvalue weighted by molar-refractivity contribution is -0.136. The molecule has 1 heterocycles. The molecule has 0 radical (unpaired) electrons. The first-order chi connectivity index (χ1) is 10.2. The van der Waals surface area contributed by atoms with E-state index in [1.807, 2.05) is 4.90 Å². The van der Waals surface area contributed by atoms with Crippen molar-refractivity contribution in [3.8, 4) is 0 Å². The molecule has 2 unspecified atom stereocenters. The van der Waals surface area contributed by atoms with E-state index in [-0.39, 0.29) is 18.1 Å². The number of ether oxygens (including phenoxy) is 1. The fraction of sp³-hybridized carbons (Fsp3) is 0.941. The van der Waals surface area contributed by atoms with E-state index in [1.54, 1.807) is 7.11 Å². The van der Waals surface area contributed by atoms with Crippen LogP contribution in [0.3, 0.4) is 0 Å². The monoisotopic (exact) mass is 298 g/mol. The Bertz CT molecular complexity index is 284. The summed E-state index contributed by atoms with van der Waals surface area (Å²) in [5.41, 5.74) is 5.82. The van der Waals surface area contributed by atoms with Crippen LogP contribution in [-0.2, 0) is 9.53 Å². The number of likely N-dealkylation sites (tertiary alicyclic amines) is 1. The molecule has 2 N–H and O–H groups in total. The summed E-state index contributed by atoms with van der Waals surface area (Å²) in [6.07, 6.45) is 11.5. The largest absolute Gasteiger partial charge is 0.381 e. The third-order valence-corrected chi connectivity index (χ3v) is 4.59. The number of rotatable bonds is 10. The number of hydrogen-bond acceptors (Lipinski definition) is 3. The SMILES string of the molecule is CCCCCCCCCC(=O)N1CCC(OC)CC1CN. The van der Waals surface area contributed by atoms with E-state index in [1.165, 1.54) is 38.5 Å². The van der Waals surface area contributed by atoms with Crippen molar-refractivity contribution >= 4 is 5.91 Å². The molecule has 4 heteroatoms.